The van der Waals surface area contributed by atoms with Crippen LogP contribution in [0.5, 0.6) is 0 Å². The molecule has 0 atom stereocenters. The third-order valence-electron chi connectivity index (χ3n) is 4.34. The molecule has 0 bridgehead atoms. The summed E-state index contributed by atoms with van der Waals surface area (Å²) in [6.07, 6.45) is 2.25. The number of piperidine rings is 1. The summed E-state index contributed by atoms with van der Waals surface area (Å²) in [4.78, 5) is 9.07. The summed E-state index contributed by atoms with van der Waals surface area (Å²) in [5.74, 6) is 2.01. The summed E-state index contributed by atoms with van der Waals surface area (Å²) in [7, 11) is 4.05. The lowest BCUT2D eigenvalue weighted by molar-refractivity contribution is 0.306. The third-order valence-corrected chi connectivity index (χ3v) is 4.34. The minimum absolute atomic E-state index is 0.528. The van der Waals surface area contributed by atoms with Crippen molar-refractivity contribution in [1.29, 1.82) is 0 Å². The molecule has 0 aromatic carbocycles. The van der Waals surface area contributed by atoms with E-state index in [4.69, 9.17) is 4.52 Å². The molecule has 1 aliphatic rings. The van der Waals surface area contributed by atoms with Gasteiger partial charge in [-0.2, -0.15) is 0 Å². The van der Waals surface area contributed by atoms with Gasteiger partial charge in [-0.25, -0.2) is 4.98 Å². The van der Waals surface area contributed by atoms with Crippen molar-refractivity contribution in [3.63, 3.8) is 0 Å². The van der Waals surface area contributed by atoms with Crippen LogP contribution in [0.25, 0.3) is 0 Å². The van der Waals surface area contributed by atoms with E-state index in [0.717, 1.165) is 62.0 Å². The molecule has 2 aromatic rings. The molecule has 130 valence electrons. The van der Waals surface area contributed by atoms with Crippen LogP contribution in [0.1, 0.15) is 30.0 Å². The van der Waals surface area contributed by atoms with E-state index in [1.54, 1.807) is 0 Å². The summed E-state index contributed by atoms with van der Waals surface area (Å²) >= 11 is 0. The van der Waals surface area contributed by atoms with Gasteiger partial charge < -0.3 is 19.6 Å². The second-order valence-electron chi connectivity index (χ2n) is 6.80. The van der Waals surface area contributed by atoms with E-state index < -0.39 is 0 Å². The van der Waals surface area contributed by atoms with E-state index in [1.165, 1.54) is 0 Å². The Bertz CT molecular complexity index is 646. The predicted molar refractivity (Wildman–Crippen MR) is 94.9 cm³/mol. The van der Waals surface area contributed by atoms with Crippen molar-refractivity contribution < 1.29 is 4.52 Å². The molecule has 3 rings (SSSR count). The summed E-state index contributed by atoms with van der Waals surface area (Å²) in [5, 5.41) is 7.75. The van der Waals surface area contributed by atoms with Crippen molar-refractivity contribution >= 4 is 5.82 Å². The standard InChI is InChI=1S/C18H27N5O/c1-14-5-4-6-18(20-14)23-9-7-15(8-10-23)19-12-16-11-17(24-21-16)13-22(2)3/h4-6,11,15,19H,7-10,12-13H2,1-3H3. The van der Waals surface area contributed by atoms with Crippen molar-refractivity contribution in [2.24, 2.45) is 0 Å². The van der Waals surface area contributed by atoms with Crippen molar-refractivity contribution in [3.05, 3.63) is 41.4 Å². The van der Waals surface area contributed by atoms with Gasteiger partial charge in [-0.3, -0.25) is 0 Å². The number of anilines is 1. The van der Waals surface area contributed by atoms with Gasteiger partial charge in [0, 0.05) is 37.4 Å². The van der Waals surface area contributed by atoms with Gasteiger partial charge in [0.15, 0.2) is 5.76 Å². The number of nitrogens with one attached hydrogen (secondary N) is 1. The second kappa shape index (κ2) is 7.77. The van der Waals surface area contributed by atoms with E-state index in [9.17, 15) is 0 Å². The van der Waals surface area contributed by atoms with Crippen LogP contribution in [-0.2, 0) is 13.1 Å². The summed E-state index contributed by atoms with van der Waals surface area (Å²) in [5.41, 5.74) is 2.06. The van der Waals surface area contributed by atoms with Crippen LogP contribution in [0.2, 0.25) is 0 Å². The van der Waals surface area contributed by atoms with Crippen LogP contribution >= 0.6 is 0 Å². The first-order valence-electron chi connectivity index (χ1n) is 8.61. The average Bonchev–Trinajstić information content (AvgIpc) is 3.00. The predicted octanol–water partition coefficient (Wildman–Crippen LogP) is 2.20. The van der Waals surface area contributed by atoms with E-state index in [1.807, 2.05) is 33.2 Å². The molecule has 0 spiro atoms. The first kappa shape index (κ1) is 16.9. The Labute approximate surface area is 143 Å². The second-order valence-corrected chi connectivity index (χ2v) is 6.80. The molecule has 0 aliphatic carbocycles. The minimum atomic E-state index is 0.528. The largest absolute Gasteiger partial charge is 0.360 e. The summed E-state index contributed by atoms with van der Waals surface area (Å²) in [6.45, 7) is 5.68. The fourth-order valence-electron chi connectivity index (χ4n) is 3.09. The number of nitrogens with zero attached hydrogens (tertiary/aromatic N) is 4. The molecule has 2 aromatic heterocycles. The fourth-order valence-corrected chi connectivity index (χ4v) is 3.09. The molecular formula is C18H27N5O. The molecule has 0 radical (unpaired) electrons. The molecule has 6 heteroatoms. The smallest absolute Gasteiger partial charge is 0.150 e. The fraction of sp³-hybridized carbons (Fsp3) is 0.556. The van der Waals surface area contributed by atoms with E-state index >= 15 is 0 Å². The first-order valence-corrected chi connectivity index (χ1v) is 8.61. The van der Waals surface area contributed by atoms with Gasteiger partial charge in [-0.05, 0) is 46.0 Å². The van der Waals surface area contributed by atoms with Crippen molar-refractivity contribution in [2.45, 2.75) is 38.9 Å². The lowest BCUT2D eigenvalue weighted by Gasteiger charge is -2.33. The molecule has 1 N–H and O–H groups in total. The number of aryl methyl sites for hydroxylation is 1. The first-order chi connectivity index (χ1) is 11.6. The molecule has 24 heavy (non-hydrogen) atoms. The zero-order valence-electron chi connectivity index (χ0n) is 14.8. The highest BCUT2D eigenvalue weighted by Gasteiger charge is 2.20. The highest BCUT2D eigenvalue weighted by Crippen LogP contribution is 2.18. The van der Waals surface area contributed by atoms with Crippen LogP contribution < -0.4 is 10.2 Å². The van der Waals surface area contributed by atoms with Crippen LogP contribution in [0, 0.1) is 6.92 Å². The van der Waals surface area contributed by atoms with Crippen LogP contribution in [0.4, 0.5) is 5.82 Å². The molecule has 1 saturated heterocycles. The molecule has 1 fully saturated rings. The lowest BCUT2D eigenvalue weighted by atomic mass is 10.0. The molecule has 0 unspecified atom stereocenters. The SMILES string of the molecule is Cc1cccc(N2CCC(NCc3cc(CN(C)C)on3)CC2)n1. The summed E-state index contributed by atoms with van der Waals surface area (Å²) in [6, 6.07) is 8.79. The van der Waals surface area contributed by atoms with Crippen LogP contribution in [0.15, 0.2) is 28.8 Å². The quantitative estimate of drug-likeness (QED) is 0.877. The van der Waals surface area contributed by atoms with E-state index in [2.05, 4.69) is 37.4 Å². The Morgan fingerprint density at radius 2 is 2.08 bits per heavy atom. The normalized spacial score (nSPS) is 16.1. The monoisotopic (exact) mass is 329 g/mol. The van der Waals surface area contributed by atoms with Crippen LogP contribution in [-0.4, -0.2) is 48.3 Å². The van der Waals surface area contributed by atoms with Gasteiger partial charge in [0.05, 0.1) is 12.2 Å². The number of rotatable bonds is 6. The lowest BCUT2D eigenvalue weighted by Crippen LogP contribution is -2.42. The zero-order chi connectivity index (χ0) is 16.9. The number of aromatic nitrogens is 2. The molecule has 0 saturated carbocycles. The van der Waals surface area contributed by atoms with Gasteiger partial charge in [-0.1, -0.05) is 11.2 Å². The topological polar surface area (TPSA) is 57.4 Å². The number of pyridine rings is 1. The van der Waals surface area contributed by atoms with Gasteiger partial charge >= 0.3 is 0 Å². The van der Waals surface area contributed by atoms with E-state index in [0.29, 0.717) is 6.04 Å². The highest BCUT2D eigenvalue weighted by molar-refractivity contribution is 5.39. The molecular weight excluding hydrogens is 302 g/mol. The third kappa shape index (κ3) is 4.55. The number of hydrogen-bond acceptors (Lipinski definition) is 6. The molecule has 6 nitrogen and oxygen atoms in total. The Morgan fingerprint density at radius 1 is 1.29 bits per heavy atom. The maximum atomic E-state index is 5.35. The maximum Gasteiger partial charge on any atom is 0.150 e. The maximum absolute atomic E-state index is 5.35. The molecule has 0 amide bonds. The van der Waals surface area contributed by atoms with Gasteiger partial charge in [-0.15, -0.1) is 0 Å². The minimum Gasteiger partial charge on any atom is -0.360 e. The molecule has 3 heterocycles. The van der Waals surface area contributed by atoms with Crippen molar-refractivity contribution in [1.82, 2.24) is 20.4 Å². The van der Waals surface area contributed by atoms with Crippen molar-refractivity contribution in [2.75, 3.05) is 32.1 Å². The molecule has 1 aliphatic heterocycles. The van der Waals surface area contributed by atoms with Gasteiger partial charge in [0.2, 0.25) is 0 Å². The Kier molecular flexibility index (Phi) is 5.48. The van der Waals surface area contributed by atoms with E-state index in [-0.39, 0.29) is 0 Å². The van der Waals surface area contributed by atoms with Crippen molar-refractivity contribution in [3.8, 4) is 0 Å². The average molecular weight is 329 g/mol. The van der Waals surface area contributed by atoms with Gasteiger partial charge in [0.25, 0.3) is 0 Å². The number of hydrogen-bond donors (Lipinski definition) is 1. The summed E-state index contributed by atoms with van der Waals surface area (Å²) < 4.78 is 5.35. The Balaban J connectivity index is 1.45. The van der Waals surface area contributed by atoms with Gasteiger partial charge in [0.1, 0.15) is 5.82 Å². The Hall–Kier alpha value is -1.92. The highest BCUT2D eigenvalue weighted by atomic mass is 16.5. The Morgan fingerprint density at radius 3 is 2.79 bits per heavy atom. The van der Waals surface area contributed by atoms with Crippen LogP contribution in [0.3, 0.4) is 0 Å². The zero-order valence-corrected chi connectivity index (χ0v) is 14.8.